The van der Waals surface area contributed by atoms with Crippen LogP contribution >= 0.6 is 0 Å². The summed E-state index contributed by atoms with van der Waals surface area (Å²) in [6.45, 7) is 8.76. The second kappa shape index (κ2) is 10.8. The maximum absolute atomic E-state index is 6.43. The molecule has 6 aromatic carbocycles. The average Bonchev–Trinajstić information content (AvgIpc) is 3.65. The largest absolute Gasteiger partial charge is 0.461 e. The van der Waals surface area contributed by atoms with E-state index >= 15 is 0 Å². The Balaban J connectivity index is 1.19. The van der Waals surface area contributed by atoms with E-state index in [0.717, 1.165) is 66.9 Å². The van der Waals surface area contributed by atoms with Crippen LogP contribution in [-0.2, 0) is 5.41 Å². The Kier molecular flexibility index (Phi) is 6.58. The van der Waals surface area contributed by atoms with Crippen molar-refractivity contribution in [3.63, 3.8) is 0 Å². The van der Waals surface area contributed by atoms with Crippen molar-refractivity contribution in [2.75, 3.05) is 4.90 Å². The zero-order valence-corrected chi connectivity index (χ0v) is 26.5. The molecule has 46 heavy (non-hydrogen) atoms. The summed E-state index contributed by atoms with van der Waals surface area (Å²) in [5.41, 5.74) is 9.86. The van der Waals surface area contributed by atoms with Crippen molar-refractivity contribution in [3.8, 4) is 22.5 Å². The molecule has 8 aromatic rings. The van der Waals surface area contributed by atoms with Gasteiger partial charge in [-0.2, -0.15) is 0 Å². The van der Waals surface area contributed by atoms with Crippen LogP contribution in [0.15, 0.2) is 148 Å². The first-order valence-electron chi connectivity index (χ1n) is 15.8. The van der Waals surface area contributed by atoms with E-state index in [-0.39, 0.29) is 5.41 Å². The SMILES string of the molecule is Cc1cc2cc3cc4oc(-c5ccc(N(c6cccc(-c7ccccc7)c6)c6cccc(C(C)(C)C)c6)cc5)cc4cc3cc2o1. The lowest BCUT2D eigenvalue weighted by atomic mass is 9.87. The number of fused-ring (bicyclic) bond motifs is 3. The van der Waals surface area contributed by atoms with E-state index in [1.807, 2.05) is 6.92 Å². The molecule has 0 aliphatic carbocycles. The lowest BCUT2D eigenvalue weighted by Gasteiger charge is -2.28. The van der Waals surface area contributed by atoms with Crippen LogP contribution in [0.5, 0.6) is 0 Å². The standard InChI is InChI=1S/C43H35NO2/c1-28-20-34-21-32-25-42-35(22-33(32)24-41(34)45-28)26-40(46-42)30-16-18-37(19-17-30)44(39-15-9-13-36(27-39)43(2,3)4)38-14-8-12-31(23-38)29-10-6-5-7-11-29/h5-27H,1-4H3. The first-order valence-corrected chi connectivity index (χ1v) is 15.8. The van der Waals surface area contributed by atoms with Crippen molar-refractivity contribution in [1.82, 2.24) is 0 Å². The molecule has 0 amide bonds. The van der Waals surface area contributed by atoms with Gasteiger partial charge in [0.1, 0.15) is 22.7 Å². The zero-order chi connectivity index (χ0) is 31.4. The van der Waals surface area contributed by atoms with E-state index in [1.165, 1.54) is 16.7 Å². The van der Waals surface area contributed by atoms with Crippen LogP contribution in [0.2, 0.25) is 0 Å². The maximum Gasteiger partial charge on any atom is 0.135 e. The molecule has 0 aliphatic heterocycles. The lowest BCUT2D eigenvalue weighted by molar-refractivity contribution is 0.579. The Labute approximate surface area is 269 Å². The first-order chi connectivity index (χ1) is 22.3. The Hall–Kier alpha value is -5.54. The van der Waals surface area contributed by atoms with Crippen molar-refractivity contribution in [3.05, 3.63) is 151 Å². The van der Waals surface area contributed by atoms with E-state index in [4.69, 9.17) is 8.83 Å². The van der Waals surface area contributed by atoms with Gasteiger partial charge in [0.25, 0.3) is 0 Å². The van der Waals surface area contributed by atoms with Crippen LogP contribution < -0.4 is 4.90 Å². The van der Waals surface area contributed by atoms with Gasteiger partial charge in [-0.3, -0.25) is 0 Å². The average molecular weight is 598 g/mol. The van der Waals surface area contributed by atoms with E-state index in [2.05, 4.69) is 165 Å². The predicted octanol–water partition coefficient (Wildman–Crippen LogP) is 12.7. The molecular formula is C43H35NO2. The third-order valence-corrected chi connectivity index (χ3v) is 8.83. The number of aryl methyl sites for hydroxylation is 1. The molecule has 0 fully saturated rings. The second-order valence-electron chi connectivity index (χ2n) is 13.2. The van der Waals surface area contributed by atoms with Crippen LogP contribution in [0, 0.1) is 6.92 Å². The van der Waals surface area contributed by atoms with Crippen LogP contribution in [0.4, 0.5) is 17.1 Å². The number of anilines is 3. The summed E-state index contributed by atoms with van der Waals surface area (Å²) in [5, 5.41) is 4.47. The van der Waals surface area contributed by atoms with Crippen molar-refractivity contribution >= 4 is 49.8 Å². The van der Waals surface area contributed by atoms with Crippen molar-refractivity contribution in [2.45, 2.75) is 33.1 Å². The smallest absolute Gasteiger partial charge is 0.135 e. The molecule has 8 rings (SSSR count). The summed E-state index contributed by atoms with van der Waals surface area (Å²) >= 11 is 0. The summed E-state index contributed by atoms with van der Waals surface area (Å²) in [4.78, 5) is 2.34. The molecule has 0 unspecified atom stereocenters. The van der Waals surface area contributed by atoms with E-state index in [0.29, 0.717) is 0 Å². The third-order valence-electron chi connectivity index (χ3n) is 8.83. The van der Waals surface area contributed by atoms with Gasteiger partial charge in [0.15, 0.2) is 0 Å². The fourth-order valence-corrected chi connectivity index (χ4v) is 6.39. The van der Waals surface area contributed by atoms with Crippen LogP contribution in [0.25, 0.3) is 55.2 Å². The minimum atomic E-state index is 0.0340. The molecule has 0 saturated heterocycles. The molecule has 0 N–H and O–H groups in total. The van der Waals surface area contributed by atoms with E-state index in [1.54, 1.807) is 0 Å². The fraction of sp³-hybridized carbons (Fsp3) is 0.116. The molecule has 2 heterocycles. The summed E-state index contributed by atoms with van der Waals surface area (Å²) in [6.07, 6.45) is 0. The molecule has 224 valence electrons. The van der Waals surface area contributed by atoms with Gasteiger partial charge in [-0.05, 0) is 125 Å². The molecular weight excluding hydrogens is 562 g/mol. The number of rotatable bonds is 5. The third kappa shape index (κ3) is 5.14. The molecule has 3 nitrogen and oxygen atoms in total. The van der Waals surface area contributed by atoms with Gasteiger partial charge >= 0.3 is 0 Å². The summed E-state index contributed by atoms with van der Waals surface area (Å²) in [7, 11) is 0. The highest BCUT2D eigenvalue weighted by atomic mass is 16.3. The Bertz CT molecular complexity index is 2280. The number of hydrogen-bond donors (Lipinski definition) is 0. The molecule has 0 atom stereocenters. The highest BCUT2D eigenvalue weighted by Gasteiger charge is 2.19. The molecule has 0 saturated carbocycles. The summed E-state index contributed by atoms with van der Waals surface area (Å²) in [6, 6.07) is 49.7. The zero-order valence-electron chi connectivity index (χ0n) is 26.5. The van der Waals surface area contributed by atoms with Gasteiger partial charge in [-0.1, -0.05) is 75.4 Å². The topological polar surface area (TPSA) is 29.5 Å². The number of nitrogens with zero attached hydrogens (tertiary/aromatic N) is 1. The van der Waals surface area contributed by atoms with Gasteiger partial charge in [-0.25, -0.2) is 0 Å². The van der Waals surface area contributed by atoms with E-state index in [9.17, 15) is 0 Å². The van der Waals surface area contributed by atoms with E-state index < -0.39 is 0 Å². The number of benzene rings is 6. The normalized spacial score (nSPS) is 11.9. The number of furan rings is 2. The Morgan fingerprint density at radius 3 is 1.80 bits per heavy atom. The molecule has 2 aromatic heterocycles. The Morgan fingerprint density at radius 1 is 0.457 bits per heavy atom. The van der Waals surface area contributed by atoms with Crippen molar-refractivity contribution < 1.29 is 8.83 Å². The monoisotopic (exact) mass is 597 g/mol. The molecule has 0 aliphatic rings. The molecule has 0 spiro atoms. The first kappa shape index (κ1) is 28.0. The highest BCUT2D eigenvalue weighted by molar-refractivity contribution is 6.03. The minimum Gasteiger partial charge on any atom is -0.461 e. The van der Waals surface area contributed by atoms with Gasteiger partial charge in [0.05, 0.1) is 0 Å². The predicted molar refractivity (Wildman–Crippen MR) is 192 cm³/mol. The summed E-state index contributed by atoms with van der Waals surface area (Å²) < 4.78 is 12.3. The van der Waals surface area contributed by atoms with Gasteiger partial charge < -0.3 is 13.7 Å². The van der Waals surface area contributed by atoms with Gasteiger partial charge in [0, 0.05) is 33.4 Å². The molecule has 3 heteroatoms. The molecule has 0 bridgehead atoms. The van der Waals surface area contributed by atoms with Crippen LogP contribution in [-0.4, -0.2) is 0 Å². The van der Waals surface area contributed by atoms with Gasteiger partial charge in [0.2, 0.25) is 0 Å². The Morgan fingerprint density at radius 2 is 1.09 bits per heavy atom. The second-order valence-corrected chi connectivity index (χ2v) is 13.2. The molecule has 0 radical (unpaired) electrons. The van der Waals surface area contributed by atoms with Crippen molar-refractivity contribution in [1.29, 1.82) is 0 Å². The quantitative estimate of drug-likeness (QED) is 0.198. The fourth-order valence-electron chi connectivity index (χ4n) is 6.39. The van der Waals surface area contributed by atoms with Crippen LogP contribution in [0.1, 0.15) is 32.1 Å². The number of hydrogen-bond acceptors (Lipinski definition) is 3. The van der Waals surface area contributed by atoms with Crippen molar-refractivity contribution in [2.24, 2.45) is 0 Å². The lowest BCUT2D eigenvalue weighted by Crippen LogP contribution is -2.14. The minimum absolute atomic E-state index is 0.0340. The summed E-state index contributed by atoms with van der Waals surface area (Å²) in [5.74, 6) is 1.77. The van der Waals surface area contributed by atoms with Gasteiger partial charge in [-0.15, -0.1) is 0 Å². The highest BCUT2D eigenvalue weighted by Crippen LogP contribution is 2.40. The van der Waals surface area contributed by atoms with Crippen LogP contribution in [0.3, 0.4) is 0 Å². The maximum atomic E-state index is 6.43.